The van der Waals surface area contributed by atoms with Gasteiger partial charge in [0.1, 0.15) is 36.6 Å². The molecule has 0 amide bonds. The van der Waals surface area contributed by atoms with E-state index in [1.807, 2.05) is 0 Å². The fourth-order valence-electron chi connectivity index (χ4n) is 4.18. The number of ether oxygens (including phenoxy) is 6. The number of aliphatic carboxylic acids is 1. The molecule has 21 nitrogen and oxygen atoms in total. The molecule has 2 aliphatic heterocycles. The standard InChI is InChI=1S/C18H32O21S3/c1-4-31-7-8-9(37-40(22,23)24)12(38-41(25,26)27)15(33-6-3)18(34-8)36-11-10(32-5-2)14(39-42(28,29)30)17(21)35-13(11)16(19)20/h8-15,17-18,21H,4-7H2,1-3H3,(H,19,20)(H,22,23,24)(H,25,26,27)(H,28,29,30)/t8-,9+,10+,11+,12+,13-,14-,15-,17-,18+/m1/s1. The first kappa shape index (κ1) is 37.0. The van der Waals surface area contributed by atoms with Gasteiger partial charge in [-0.1, -0.05) is 0 Å². The molecule has 0 saturated carbocycles. The van der Waals surface area contributed by atoms with E-state index in [-0.39, 0.29) is 19.8 Å². The zero-order valence-corrected chi connectivity index (χ0v) is 24.5. The summed E-state index contributed by atoms with van der Waals surface area (Å²) in [5.41, 5.74) is 0. The van der Waals surface area contributed by atoms with Crippen LogP contribution >= 0.6 is 0 Å². The van der Waals surface area contributed by atoms with Crippen molar-refractivity contribution in [3.05, 3.63) is 0 Å². The van der Waals surface area contributed by atoms with Crippen LogP contribution in [0.5, 0.6) is 0 Å². The average Bonchev–Trinajstić information content (AvgIpc) is 2.82. The molecule has 248 valence electrons. The smallest absolute Gasteiger partial charge is 0.397 e. The van der Waals surface area contributed by atoms with Gasteiger partial charge >= 0.3 is 37.2 Å². The van der Waals surface area contributed by atoms with Crippen molar-refractivity contribution >= 4 is 37.2 Å². The van der Waals surface area contributed by atoms with Gasteiger partial charge in [-0.15, -0.1) is 0 Å². The van der Waals surface area contributed by atoms with Gasteiger partial charge in [-0.25, -0.2) is 17.3 Å². The maximum absolute atomic E-state index is 12.0. The summed E-state index contributed by atoms with van der Waals surface area (Å²) >= 11 is 0. The molecule has 0 unspecified atom stereocenters. The van der Waals surface area contributed by atoms with Crippen LogP contribution < -0.4 is 0 Å². The Kier molecular flexibility index (Phi) is 13.4. The first-order valence-electron chi connectivity index (χ1n) is 12.0. The minimum absolute atomic E-state index is 0.0147. The molecule has 0 aromatic carbocycles. The van der Waals surface area contributed by atoms with Gasteiger partial charge in [-0.2, -0.15) is 25.3 Å². The van der Waals surface area contributed by atoms with Gasteiger partial charge in [0, 0.05) is 19.8 Å². The Morgan fingerprint density at radius 1 is 0.690 bits per heavy atom. The van der Waals surface area contributed by atoms with E-state index >= 15 is 0 Å². The van der Waals surface area contributed by atoms with E-state index in [0.717, 1.165) is 0 Å². The summed E-state index contributed by atoms with van der Waals surface area (Å²) in [6.07, 6.45) is -20.4. The Morgan fingerprint density at radius 3 is 1.67 bits per heavy atom. The van der Waals surface area contributed by atoms with Gasteiger partial charge < -0.3 is 38.6 Å². The molecule has 2 aliphatic rings. The highest BCUT2D eigenvalue weighted by molar-refractivity contribution is 7.81. The van der Waals surface area contributed by atoms with E-state index < -0.39 is 105 Å². The number of hydrogen-bond donors (Lipinski definition) is 5. The van der Waals surface area contributed by atoms with E-state index in [1.165, 1.54) is 20.8 Å². The molecule has 2 heterocycles. The van der Waals surface area contributed by atoms with Gasteiger partial charge in [0.05, 0.1) is 6.61 Å². The molecule has 0 aromatic heterocycles. The SMILES string of the molecule is CCOC[C@H]1O[C@@H](O[C@H]2[C@H](OCC)[C@@H](OS(=O)(=O)O)[C@H](O)O[C@H]2C(=O)O)[C@H](OCC)[C@@H](OS(=O)(=O)O)[C@H]1OS(=O)(=O)O. The lowest BCUT2D eigenvalue weighted by molar-refractivity contribution is -0.352. The summed E-state index contributed by atoms with van der Waals surface area (Å²) in [5, 5.41) is 20.0. The van der Waals surface area contributed by atoms with Crippen LogP contribution in [0.25, 0.3) is 0 Å². The molecule has 0 radical (unpaired) electrons. The third-order valence-electron chi connectivity index (χ3n) is 5.54. The van der Waals surface area contributed by atoms with Gasteiger partial charge in [0.15, 0.2) is 24.8 Å². The van der Waals surface area contributed by atoms with Crippen LogP contribution in [0.3, 0.4) is 0 Å². The topological polar surface area (TPSA) is 304 Å². The second kappa shape index (κ2) is 15.2. The first-order chi connectivity index (χ1) is 19.3. The molecular formula is C18H32O21S3. The molecule has 2 fully saturated rings. The van der Waals surface area contributed by atoms with Crippen LogP contribution in [-0.4, -0.2) is 143 Å². The average molecular weight is 681 g/mol. The Hall–Kier alpha value is -1.20. The molecule has 0 spiro atoms. The summed E-state index contributed by atoms with van der Waals surface area (Å²) in [4.78, 5) is 12.0. The van der Waals surface area contributed by atoms with Crippen molar-refractivity contribution in [3.63, 3.8) is 0 Å². The maximum atomic E-state index is 12.0. The summed E-state index contributed by atoms with van der Waals surface area (Å²) in [6.45, 7) is 3.07. The zero-order chi connectivity index (χ0) is 32.0. The van der Waals surface area contributed by atoms with Crippen molar-refractivity contribution in [1.29, 1.82) is 0 Å². The van der Waals surface area contributed by atoms with Crippen LogP contribution in [0.1, 0.15) is 20.8 Å². The third kappa shape index (κ3) is 10.8. The van der Waals surface area contributed by atoms with Crippen molar-refractivity contribution < 1.29 is 94.9 Å². The highest BCUT2D eigenvalue weighted by Crippen LogP contribution is 2.35. The number of rotatable bonds is 16. The predicted octanol–water partition coefficient (Wildman–Crippen LogP) is -2.69. The molecule has 2 saturated heterocycles. The molecule has 0 aliphatic carbocycles. The van der Waals surface area contributed by atoms with Crippen molar-refractivity contribution in [1.82, 2.24) is 0 Å². The minimum atomic E-state index is -5.42. The summed E-state index contributed by atoms with van der Waals surface area (Å²) in [6, 6.07) is 0. The summed E-state index contributed by atoms with van der Waals surface area (Å²) in [7, 11) is -16.1. The molecule has 2 rings (SSSR count). The van der Waals surface area contributed by atoms with Gasteiger partial charge in [0.25, 0.3) is 0 Å². The highest BCUT2D eigenvalue weighted by atomic mass is 32.3. The number of aliphatic hydroxyl groups is 1. The summed E-state index contributed by atoms with van der Waals surface area (Å²) < 4.78 is 143. The third-order valence-corrected chi connectivity index (χ3v) is 6.94. The number of hydrogen-bond acceptors (Lipinski definition) is 17. The second-order valence-corrected chi connectivity index (χ2v) is 11.5. The van der Waals surface area contributed by atoms with E-state index in [4.69, 9.17) is 28.4 Å². The van der Waals surface area contributed by atoms with Crippen molar-refractivity contribution in [3.8, 4) is 0 Å². The molecule has 24 heteroatoms. The molecule has 0 aromatic rings. The highest BCUT2D eigenvalue weighted by Gasteiger charge is 2.57. The molecule has 42 heavy (non-hydrogen) atoms. The number of aliphatic hydroxyl groups excluding tert-OH is 1. The van der Waals surface area contributed by atoms with E-state index in [9.17, 15) is 53.9 Å². The van der Waals surface area contributed by atoms with Crippen LogP contribution in [0.2, 0.25) is 0 Å². The predicted molar refractivity (Wildman–Crippen MR) is 129 cm³/mol. The lowest BCUT2D eigenvalue weighted by atomic mass is 9.96. The normalized spacial score (nSPS) is 34.7. The van der Waals surface area contributed by atoms with Gasteiger partial charge in [-0.3, -0.25) is 13.7 Å². The monoisotopic (exact) mass is 680 g/mol. The fraction of sp³-hybridized carbons (Fsp3) is 0.944. The Labute approximate surface area is 240 Å². The number of carboxylic acids is 1. The lowest BCUT2D eigenvalue weighted by Gasteiger charge is -2.47. The number of carbonyl (C=O) groups is 1. The molecule has 0 bridgehead atoms. The van der Waals surface area contributed by atoms with Crippen LogP contribution in [0, 0.1) is 0 Å². The van der Waals surface area contributed by atoms with Gasteiger partial charge in [0.2, 0.25) is 0 Å². The van der Waals surface area contributed by atoms with Crippen LogP contribution in [-0.2, 0) is 77.0 Å². The van der Waals surface area contributed by atoms with E-state index in [2.05, 4.69) is 12.5 Å². The maximum Gasteiger partial charge on any atom is 0.397 e. The van der Waals surface area contributed by atoms with Crippen molar-refractivity contribution in [2.24, 2.45) is 0 Å². The molecular weight excluding hydrogens is 648 g/mol. The summed E-state index contributed by atoms with van der Waals surface area (Å²) in [5.74, 6) is -1.79. The Bertz CT molecular complexity index is 1200. The van der Waals surface area contributed by atoms with E-state index in [1.54, 1.807) is 0 Å². The molecule has 10 atom stereocenters. The van der Waals surface area contributed by atoms with Crippen molar-refractivity contribution in [2.75, 3.05) is 26.4 Å². The second-order valence-electron chi connectivity index (χ2n) is 8.39. The Morgan fingerprint density at radius 2 is 1.19 bits per heavy atom. The quantitative estimate of drug-likeness (QED) is 0.104. The van der Waals surface area contributed by atoms with Crippen LogP contribution in [0.15, 0.2) is 0 Å². The fourth-order valence-corrected chi connectivity index (χ4v) is 5.68. The largest absolute Gasteiger partial charge is 0.479 e. The molecule has 5 N–H and O–H groups in total. The van der Waals surface area contributed by atoms with Crippen molar-refractivity contribution in [2.45, 2.75) is 82.2 Å². The number of carboxylic acid groups (broad SMARTS) is 1. The minimum Gasteiger partial charge on any atom is -0.479 e. The first-order valence-corrected chi connectivity index (χ1v) is 16.1. The zero-order valence-electron chi connectivity index (χ0n) is 22.1. The van der Waals surface area contributed by atoms with Crippen LogP contribution in [0.4, 0.5) is 0 Å². The van der Waals surface area contributed by atoms with E-state index in [0.29, 0.717) is 0 Å². The lowest BCUT2D eigenvalue weighted by Crippen LogP contribution is -2.67. The van der Waals surface area contributed by atoms with Gasteiger partial charge in [-0.05, 0) is 20.8 Å². The Balaban J connectivity index is 2.65.